The zero-order valence-corrected chi connectivity index (χ0v) is 11.1. The highest BCUT2D eigenvalue weighted by molar-refractivity contribution is 6.28. The Morgan fingerprint density at radius 2 is 2.11 bits per heavy atom. The Labute approximate surface area is 110 Å². The summed E-state index contributed by atoms with van der Waals surface area (Å²) in [5.74, 6) is 0.582. The molecule has 0 aliphatic rings. The average Bonchev–Trinajstić information content (AvgIpc) is 2.83. The Kier molecular flexibility index (Phi) is 3.68. The van der Waals surface area contributed by atoms with Crippen LogP contribution in [-0.2, 0) is 0 Å². The van der Waals surface area contributed by atoms with Gasteiger partial charge in [-0.2, -0.15) is 15.1 Å². The SMILES string of the molecule is CCC(O)(CC)CNc1nc(Cl)nc2[nH]ncc12. The first-order valence-electron chi connectivity index (χ1n) is 5.91. The van der Waals surface area contributed by atoms with E-state index in [1.54, 1.807) is 6.20 Å². The van der Waals surface area contributed by atoms with E-state index in [-0.39, 0.29) is 5.28 Å². The largest absolute Gasteiger partial charge is 0.388 e. The normalized spacial score (nSPS) is 12.0. The lowest BCUT2D eigenvalue weighted by atomic mass is 9.98. The van der Waals surface area contributed by atoms with E-state index in [4.69, 9.17) is 11.6 Å². The quantitative estimate of drug-likeness (QED) is 0.723. The third-order valence-corrected chi connectivity index (χ3v) is 3.35. The smallest absolute Gasteiger partial charge is 0.226 e. The molecule has 0 aliphatic heterocycles. The lowest BCUT2D eigenvalue weighted by molar-refractivity contribution is 0.0456. The van der Waals surface area contributed by atoms with E-state index in [0.29, 0.717) is 30.9 Å². The summed E-state index contributed by atoms with van der Waals surface area (Å²) in [5.41, 5.74) is -0.165. The zero-order valence-electron chi connectivity index (χ0n) is 10.4. The number of H-pyrrole nitrogens is 1. The molecule has 0 unspecified atom stereocenters. The molecule has 3 N–H and O–H groups in total. The van der Waals surface area contributed by atoms with Gasteiger partial charge in [0.25, 0.3) is 0 Å². The lowest BCUT2D eigenvalue weighted by Crippen LogP contribution is -2.35. The summed E-state index contributed by atoms with van der Waals surface area (Å²) in [6.45, 7) is 4.31. The van der Waals surface area contributed by atoms with E-state index in [0.717, 1.165) is 5.39 Å². The summed E-state index contributed by atoms with van der Waals surface area (Å²) >= 11 is 5.83. The van der Waals surface area contributed by atoms with Crippen LogP contribution >= 0.6 is 11.6 Å². The van der Waals surface area contributed by atoms with Crippen molar-refractivity contribution >= 4 is 28.5 Å². The Hall–Kier alpha value is -1.40. The van der Waals surface area contributed by atoms with Gasteiger partial charge in [-0.05, 0) is 24.4 Å². The molecule has 0 amide bonds. The molecule has 0 radical (unpaired) electrons. The first kappa shape index (κ1) is 13.0. The Bertz CT molecular complexity index is 537. The Morgan fingerprint density at radius 1 is 1.39 bits per heavy atom. The summed E-state index contributed by atoms with van der Waals surface area (Å²) in [5, 5.41) is 20.9. The van der Waals surface area contributed by atoms with Crippen molar-refractivity contribution in [3.8, 4) is 0 Å². The topological polar surface area (TPSA) is 86.7 Å². The minimum atomic E-state index is -0.743. The predicted molar refractivity (Wildman–Crippen MR) is 70.7 cm³/mol. The summed E-state index contributed by atoms with van der Waals surface area (Å²) in [6, 6.07) is 0. The molecule has 0 spiro atoms. The van der Waals surface area contributed by atoms with Crippen LogP contribution in [0.5, 0.6) is 0 Å². The maximum absolute atomic E-state index is 10.2. The number of halogens is 1. The highest BCUT2D eigenvalue weighted by Crippen LogP contribution is 2.22. The number of aromatic amines is 1. The van der Waals surface area contributed by atoms with E-state index in [1.165, 1.54) is 0 Å². The van der Waals surface area contributed by atoms with Gasteiger partial charge < -0.3 is 10.4 Å². The fourth-order valence-corrected chi connectivity index (χ4v) is 1.86. The molecule has 6 nitrogen and oxygen atoms in total. The van der Waals surface area contributed by atoms with Gasteiger partial charge in [-0.25, -0.2) is 0 Å². The minimum absolute atomic E-state index is 0.144. The molecule has 2 rings (SSSR count). The van der Waals surface area contributed by atoms with Crippen LogP contribution in [0.1, 0.15) is 26.7 Å². The summed E-state index contributed by atoms with van der Waals surface area (Å²) < 4.78 is 0. The van der Waals surface area contributed by atoms with Crippen molar-refractivity contribution in [1.82, 2.24) is 20.2 Å². The summed E-state index contributed by atoms with van der Waals surface area (Å²) in [7, 11) is 0. The van der Waals surface area contributed by atoms with Gasteiger partial charge in [-0.1, -0.05) is 13.8 Å². The molecule has 2 aromatic rings. The minimum Gasteiger partial charge on any atom is -0.388 e. The molecule has 0 bridgehead atoms. The van der Waals surface area contributed by atoms with Gasteiger partial charge in [-0.3, -0.25) is 5.10 Å². The number of rotatable bonds is 5. The van der Waals surface area contributed by atoms with Crippen LogP contribution < -0.4 is 5.32 Å². The van der Waals surface area contributed by atoms with Gasteiger partial charge in [0, 0.05) is 6.54 Å². The lowest BCUT2D eigenvalue weighted by Gasteiger charge is -2.25. The molecule has 18 heavy (non-hydrogen) atoms. The van der Waals surface area contributed by atoms with Crippen LogP contribution in [0.2, 0.25) is 5.28 Å². The number of fused-ring (bicyclic) bond motifs is 1. The fourth-order valence-electron chi connectivity index (χ4n) is 1.69. The van der Waals surface area contributed by atoms with Crippen LogP contribution in [0, 0.1) is 0 Å². The van der Waals surface area contributed by atoms with E-state index in [1.807, 2.05) is 13.8 Å². The van der Waals surface area contributed by atoms with Crippen LogP contribution in [0.4, 0.5) is 5.82 Å². The predicted octanol–water partition coefficient (Wildman–Crippen LogP) is 1.97. The second kappa shape index (κ2) is 5.07. The number of aliphatic hydroxyl groups is 1. The Balaban J connectivity index is 2.24. The third-order valence-electron chi connectivity index (χ3n) is 3.18. The number of hydrogen-bond donors (Lipinski definition) is 3. The van der Waals surface area contributed by atoms with E-state index >= 15 is 0 Å². The van der Waals surface area contributed by atoms with Gasteiger partial charge in [0.05, 0.1) is 17.2 Å². The number of nitrogens with one attached hydrogen (secondary N) is 2. The molecule has 0 aliphatic carbocycles. The van der Waals surface area contributed by atoms with Gasteiger partial charge in [0.2, 0.25) is 5.28 Å². The molecule has 2 heterocycles. The van der Waals surface area contributed by atoms with Crippen molar-refractivity contribution in [2.75, 3.05) is 11.9 Å². The zero-order chi connectivity index (χ0) is 13.2. The van der Waals surface area contributed by atoms with Crippen molar-refractivity contribution < 1.29 is 5.11 Å². The van der Waals surface area contributed by atoms with Crippen molar-refractivity contribution in [3.05, 3.63) is 11.5 Å². The molecule has 98 valence electrons. The van der Waals surface area contributed by atoms with Crippen molar-refractivity contribution in [3.63, 3.8) is 0 Å². The fraction of sp³-hybridized carbons (Fsp3) is 0.545. The van der Waals surface area contributed by atoms with Crippen molar-refractivity contribution in [1.29, 1.82) is 0 Å². The second-order valence-corrected chi connectivity index (χ2v) is 4.60. The molecule has 0 fully saturated rings. The monoisotopic (exact) mass is 269 g/mol. The number of aromatic nitrogens is 4. The number of hydrogen-bond acceptors (Lipinski definition) is 5. The number of nitrogens with zero attached hydrogens (tertiary/aromatic N) is 3. The highest BCUT2D eigenvalue weighted by atomic mass is 35.5. The van der Waals surface area contributed by atoms with Crippen LogP contribution in [-0.4, -0.2) is 37.4 Å². The number of anilines is 1. The van der Waals surface area contributed by atoms with E-state index in [2.05, 4.69) is 25.5 Å². The van der Waals surface area contributed by atoms with E-state index < -0.39 is 5.60 Å². The maximum atomic E-state index is 10.2. The molecule has 0 saturated heterocycles. The van der Waals surface area contributed by atoms with Gasteiger partial charge >= 0.3 is 0 Å². The maximum Gasteiger partial charge on any atom is 0.226 e. The molecule has 2 aromatic heterocycles. The molecule has 0 saturated carbocycles. The first-order chi connectivity index (χ1) is 8.58. The second-order valence-electron chi connectivity index (χ2n) is 4.26. The average molecular weight is 270 g/mol. The summed E-state index contributed by atoms with van der Waals surface area (Å²) in [6.07, 6.45) is 2.97. The molecule has 7 heteroatoms. The molecular formula is C11H16ClN5O. The molecular weight excluding hydrogens is 254 g/mol. The van der Waals surface area contributed by atoms with Crippen LogP contribution in [0.3, 0.4) is 0 Å². The third kappa shape index (κ3) is 2.54. The van der Waals surface area contributed by atoms with Crippen LogP contribution in [0.15, 0.2) is 6.20 Å². The highest BCUT2D eigenvalue weighted by Gasteiger charge is 2.22. The van der Waals surface area contributed by atoms with Crippen molar-refractivity contribution in [2.24, 2.45) is 0 Å². The Morgan fingerprint density at radius 3 is 2.78 bits per heavy atom. The van der Waals surface area contributed by atoms with E-state index in [9.17, 15) is 5.11 Å². The molecule has 0 aromatic carbocycles. The van der Waals surface area contributed by atoms with Gasteiger partial charge in [0.15, 0.2) is 5.65 Å². The summed E-state index contributed by atoms with van der Waals surface area (Å²) in [4.78, 5) is 8.13. The first-order valence-corrected chi connectivity index (χ1v) is 6.28. The van der Waals surface area contributed by atoms with Crippen LogP contribution in [0.25, 0.3) is 11.0 Å². The standard InChI is InChI=1S/C11H16ClN5O/c1-3-11(18,4-2)6-13-8-7-5-14-17-9(7)16-10(12)15-8/h5,18H,3-4,6H2,1-2H3,(H2,13,14,15,16,17). The van der Waals surface area contributed by atoms with Gasteiger partial charge in [0.1, 0.15) is 5.82 Å². The van der Waals surface area contributed by atoms with Crippen molar-refractivity contribution in [2.45, 2.75) is 32.3 Å². The molecule has 0 atom stereocenters. The van der Waals surface area contributed by atoms with Gasteiger partial charge in [-0.15, -0.1) is 0 Å².